The first kappa shape index (κ1) is 17.4. The number of rotatable bonds is 4. The number of imidazole rings is 1. The van der Waals surface area contributed by atoms with Crippen LogP contribution >= 0.6 is 11.8 Å². The van der Waals surface area contributed by atoms with Crippen LogP contribution in [-0.2, 0) is 14.1 Å². The van der Waals surface area contributed by atoms with Crippen LogP contribution in [0.4, 0.5) is 5.69 Å². The summed E-state index contributed by atoms with van der Waals surface area (Å²) in [5.41, 5.74) is 2.89. The molecule has 0 unspecified atom stereocenters. The Bertz CT molecular complexity index is 987. The van der Waals surface area contributed by atoms with Gasteiger partial charge in [-0.15, -0.1) is 11.8 Å². The minimum Gasteiger partial charge on any atom is -0.321 e. The molecule has 0 aliphatic heterocycles. The van der Waals surface area contributed by atoms with Crippen LogP contribution in [0.25, 0.3) is 11.0 Å². The fourth-order valence-electron chi connectivity index (χ4n) is 2.76. The molecule has 0 fully saturated rings. The Labute approximate surface area is 150 Å². The molecule has 5 nitrogen and oxygen atoms in total. The van der Waals surface area contributed by atoms with E-state index < -0.39 is 0 Å². The van der Waals surface area contributed by atoms with Crippen molar-refractivity contribution < 1.29 is 4.79 Å². The van der Waals surface area contributed by atoms with Gasteiger partial charge in [-0.25, -0.2) is 4.79 Å². The molecule has 3 aromatic rings. The summed E-state index contributed by atoms with van der Waals surface area (Å²) in [5, 5.41) is 3.35. The minimum atomic E-state index is -0.161. The number of fused-ring (bicyclic) bond motifs is 1. The van der Waals surface area contributed by atoms with Crippen molar-refractivity contribution in [2.45, 2.75) is 24.0 Å². The zero-order valence-corrected chi connectivity index (χ0v) is 15.6. The fraction of sp³-hybridized carbons (Fsp3) is 0.263. The van der Waals surface area contributed by atoms with Crippen molar-refractivity contribution >= 4 is 34.4 Å². The Hall–Kier alpha value is -2.47. The summed E-state index contributed by atoms with van der Waals surface area (Å²) in [5.74, 6) is -0.161. The zero-order valence-electron chi connectivity index (χ0n) is 14.7. The molecule has 0 spiro atoms. The molecule has 25 heavy (non-hydrogen) atoms. The van der Waals surface area contributed by atoms with Gasteiger partial charge in [-0.1, -0.05) is 32.0 Å². The van der Waals surface area contributed by atoms with Gasteiger partial charge in [0.15, 0.2) is 0 Å². The largest absolute Gasteiger partial charge is 0.328 e. The van der Waals surface area contributed by atoms with Gasteiger partial charge in [0.05, 0.1) is 16.7 Å². The predicted octanol–water partition coefficient (Wildman–Crippen LogP) is 3.63. The SMILES string of the molecule is CC(C)Sc1cc2c(cc1NC(=O)c1ccccc1)n(C)c(=O)n2C. The van der Waals surface area contributed by atoms with Crippen LogP contribution in [-0.4, -0.2) is 20.3 Å². The van der Waals surface area contributed by atoms with E-state index in [0.29, 0.717) is 10.8 Å². The number of amides is 1. The number of nitrogens with zero attached hydrogens (tertiary/aromatic N) is 2. The van der Waals surface area contributed by atoms with Gasteiger partial charge in [-0.2, -0.15) is 0 Å². The summed E-state index contributed by atoms with van der Waals surface area (Å²) < 4.78 is 3.22. The Kier molecular flexibility index (Phi) is 4.72. The minimum absolute atomic E-state index is 0.0815. The second-order valence-electron chi connectivity index (χ2n) is 6.22. The summed E-state index contributed by atoms with van der Waals surface area (Å²) in [6.07, 6.45) is 0. The van der Waals surface area contributed by atoms with E-state index in [1.807, 2.05) is 30.3 Å². The van der Waals surface area contributed by atoms with Crippen molar-refractivity contribution in [2.75, 3.05) is 5.32 Å². The van der Waals surface area contributed by atoms with Gasteiger partial charge in [0.1, 0.15) is 0 Å². The molecular weight excluding hydrogens is 334 g/mol. The number of nitrogens with one attached hydrogen (secondary N) is 1. The van der Waals surface area contributed by atoms with Crippen molar-refractivity contribution in [2.24, 2.45) is 14.1 Å². The zero-order chi connectivity index (χ0) is 18.1. The second kappa shape index (κ2) is 6.80. The van der Waals surface area contributed by atoms with E-state index >= 15 is 0 Å². The van der Waals surface area contributed by atoms with Crippen molar-refractivity contribution in [3.63, 3.8) is 0 Å². The van der Waals surface area contributed by atoms with Crippen molar-refractivity contribution in [3.8, 4) is 0 Å². The molecule has 0 saturated heterocycles. The van der Waals surface area contributed by atoms with Crippen LogP contribution in [0.15, 0.2) is 52.2 Å². The van der Waals surface area contributed by atoms with Gasteiger partial charge in [0.2, 0.25) is 0 Å². The number of hydrogen-bond donors (Lipinski definition) is 1. The molecule has 6 heteroatoms. The summed E-state index contributed by atoms with van der Waals surface area (Å²) >= 11 is 1.66. The second-order valence-corrected chi connectivity index (χ2v) is 7.84. The first-order valence-electron chi connectivity index (χ1n) is 8.11. The highest BCUT2D eigenvalue weighted by molar-refractivity contribution is 8.00. The maximum Gasteiger partial charge on any atom is 0.328 e. The molecule has 130 valence electrons. The lowest BCUT2D eigenvalue weighted by atomic mass is 10.2. The average Bonchev–Trinajstić information content (AvgIpc) is 2.80. The highest BCUT2D eigenvalue weighted by Crippen LogP contribution is 2.34. The third-order valence-corrected chi connectivity index (χ3v) is 5.08. The van der Waals surface area contributed by atoms with Crippen LogP contribution in [0.1, 0.15) is 24.2 Å². The van der Waals surface area contributed by atoms with Crippen LogP contribution in [0, 0.1) is 0 Å². The molecule has 1 aromatic heterocycles. The molecule has 0 bridgehead atoms. The topological polar surface area (TPSA) is 56.0 Å². The third-order valence-electron chi connectivity index (χ3n) is 4.02. The summed E-state index contributed by atoms with van der Waals surface area (Å²) in [4.78, 5) is 25.7. The number of benzene rings is 2. The molecular formula is C19H21N3O2S. The molecule has 1 amide bonds. The van der Waals surface area contributed by atoms with Crippen molar-refractivity contribution in [1.82, 2.24) is 9.13 Å². The summed E-state index contributed by atoms with van der Waals surface area (Å²) in [6, 6.07) is 13.0. The number of carbonyl (C=O) groups excluding carboxylic acids is 1. The summed E-state index contributed by atoms with van der Waals surface area (Å²) in [6.45, 7) is 4.20. The Balaban J connectivity index is 2.10. The Morgan fingerprint density at radius 1 is 1.04 bits per heavy atom. The van der Waals surface area contributed by atoms with E-state index in [-0.39, 0.29) is 11.6 Å². The number of aromatic nitrogens is 2. The quantitative estimate of drug-likeness (QED) is 0.727. The lowest BCUT2D eigenvalue weighted by Gasteiger charge is -2.14. The van der Waals surface area contributed by atoms with Gasteiger partial charge in [-0.05, 0) is 24.3 Å². The lowest BCUT2D eigenvalue weighted by molar-refractivity contribution is 0.102. The normalized spacial score (nSPS) is 11.2. The number of carbonyl (C=O) groups is 1. The molecule has 0 aliphatic rings. The van der Waals surface area contributed by atoms with Gasteiger partial charge in [-0.3, -0.25) is 13.9 Å². The van der Waals surface area contributed by atoms with Crippen molar-refractivity contribution in [3.05, 3.63) is 58.5 Å². The Morgan fingerprint density at radius 3 is 2.24 bits per heavy atom. The highest BCUT2D eigenvalue weighted by atomic mass is 32.2. The molecule has 1 heterocycles. The van der Waals surface area contributed by atoms with Crippen molar-refractivity contribution in [1.29, 1.82) is 0 Å². The van der Waals surface area contributed by atoms with E-state index in [9.17, 15) is 9.59 Å². The third kappa shape index (κ3) is 3.35. The number of thioether (sulfide) groups is 1. The number of anilines is 1. The maximum absolute atomic E-state index is 12.6. The number of aryl methyl sites for hydroxylation is 2. The monoisotopic (exact) mass is 355 g/mol. The van der Waals surface area contributed by atoms with Gasteiger partial charge in [0, 0.05) is 29.8 Å². The summed E-state index contributed by atoms with van der Waals surface area (Å²) in [7, 11) is 3.50. The van der Waals surface area contributed by atoms with E-state index in [4.69, 9.17) is 0 Å². The van der Waals surface area contributed by atoms with E-state index in [1.54, 1.807) is 47.1 Å². The standard InChI is InChI=1S/C19H21N3O2S/c1-12(2)25-17-11-16-15(21(3)19(24)22(16)4)10-14(17)20-18(23)13-8-6-5-7-9-13/h5-12H,1-4H3,(H,20,23). The fourth-order valence-corrected chi connectivity index (χ4v) is 3.68. The average molecular weight is 355 g/mol. The van der Waals surface area contributed by atoms with Gasteiger partial charge in [0.25, 0.3) is 5.91 Å². The lowest BCUT2D eigenvalue weighted by Crippen LogP contribution is -2.19. The highest BCUT2D eigenvalue weighted by Gasteiger charge is 2.16. The maximum atomic E-state index is 12.6. The number of hydrogen-bond acceptors (Lipinski definition) is 3. The molecule has 0 atom stereocenters. The van der Waals surface area contributed by atoms with Crippen LogP contribution in [0.3, 0.4) is 0 Å². The molecule has 0 aliphatic carbocycles. The van der Waals surface area contributed by atoms with E-state index in [0.717, 1.165) is 21.6 Å². The van der Waals surface area contributed by atoms with Crippen LogP contribution < -0.4 is 11.0 Å². The molecule has 3 rings (SSSR count). The molecule has 0 saturated carbocycles. The molecule has 2 aromatic carbocycles. The molecule has 1 N–H and O–H groups in total. The first-order valence-corrected chi connectivity index (χ1v) is 8.99. The smallest absolute Gasteiger partial charge is 0.321 e. The van der Waals surface area contributed by atoms with Gasteiger partial charge < -0.3 is 5.32 Å². The molecule has 0 radical (unpaired) electrons. The first-order chi connectivity index (χ1) is 11.9. The van der Waals surface area contributed by atoms with E-state index in [2.05, 4.69) is 19.2 Å². The Morgan fingerprint density at radius 2 is 1.64 bits per heavy atom. The van der Waals surface area contributed by atoms with Gasteiger partial charge >= 0.3 is 5.69 Å². The van der Waals surface area contributed by atoms with E-state index in [1.165, 1.54) is 0 Å². The van der Waals surface area contributed by atoms with Crippen LogP contribution in [0.5, 0.6) is 0 Å². The van der Waals surface area contributed by atoms with Crippen LogP contribution in [0.2, 0.25) is 0 Å². The predicted molar refractivity (Wildman–Crippen MR) is 104 cm³/mol.